The van der Waals surface area contributed by atoms with Gasteiger partial charge in [-0.1, -0.05) is 0 Å². The Labute approximate surface area is 171 Å². The van der Waals surface area contributed by atoms with Gasteiger partial charge in [-0.05, 0) is 52.0 Å². The summed E-state index contributed by atoms with van der Waals surface area (Å²) in [4.78, 5) is 50.5. The smallest absolute Gasteiger partial charge is 0.263 e. The first kappa shape index (κ1) is 20.1. The molecule has 29 heavy (non-hydrogen) atoms. The molecule has 4 heterocycles. The summed E-state index contributed by atoms with van der Waals surface area (Å²) >= 11 is 0. The van der Waals surface area contributed by atoms with E-state index in [0.717, 1.165) is 64.7 Å². The second-order valence-electron chi connectivity index (χ2n) is 8.60. The summed E-state index contributed by atoms with van der Waals surface area (Å²) < 4.78 is 0. The zero-order valence-electron chi connectivity index (χ0n) is 17.2. The van der Waals surface area contributed by atoms with Gasteiger partial charge >= 0.3 is 0 Å². The summed E-state index contributed by atoms with van der Waals surface area (Å²) in [6, 6.07) is 0.405. The van der Waals surface area contributed by atoms with E-state index >= 15 is 0 Å². The number of hydrogen-bond donors (Lipinski definition) is 1. The van der Waals surface area contributed by atoms with Gasteiger partial charge in [-0.2, -0.15) is 0 Å². The van der Waals surface area contributed by atoms with Gasteiger partial charge in [-0.15, -0.1) is 0 Å². The van der Waals surface area contributed by atoms with Crippen LogP contribution < -0.4 is 5.56 Å². The molecule has 1 atom stereocenters. The molecule has 0 unspecified atom stereocenters. The molecular formula is C21H31N5O3. The number of carbonyl (C=O) groups excluding carboxylic acids is 2. The molecule has 0 aromatic carbocycles. The van der Waals surface area contributed by atoms with Crippen molar-refractivity contribution < 1.29 is 9.59 Å². The second-order valence-corrected chi connectivity index (χ2v) is 8.60. The largest absolute Gasteiger partial charge is 0.342 e. The van der Waals surface area contributed by atoms with Crippen molar-refractivity contribution in [3.63, 3.8) is 0 Å². The number of H-pyrrole nitrogens is 1. The van der Waals surface area contributed by atoms with Crippen molar-refractivity contribution in [3.05, 3.63) is 27.9 Å². The zero-order valence-corrected chi connectivity index (χ0v) is 17.2. The van der Waals surface area contributed by atoms with E-state index in [-0.39, 0.29) is 22.9 Å². The van der Waals surface area contributed by atoms with Crippen LogP contribution in [0.2, 0.25) is 0 Å². The fraction of sp³-hybridized carbons (Fsp3) is 0.714. The number of piperidine rings is 2. The van der Waals surface area contributed by atoms with Gasteiger partial charge in [0.25, 0.3) is 11.5 Å². The lowest BCUT2D eigenvalue weighted by atomic mass is 9.93. The summed E-state index contributed by atoms with van der Waals surface area (Å²) in [7, 11) is 0. The lowest BCUT2D eigenvalue weighted by Gasteiger charge is -2.42. The topological polar surface area (TPSA) is 89.6 Å². The highest BCUT2D eigenvalue weighted by Gasteiger charge is 2.35. The quantitative estimate of drug-likeness (QED) is 0.817. The van der Waals surface area contributed by atoms with E-state index in [1.165, 1.54) is 6.20 Å². The van der Waals surface area contributed by atoms with Crippen LogP contribution in [0, 0.1) is 12.8 Å². The van der Waals surface area contributed by atoms with Crippen molar-refractivity contribution in [1.29, 1.82) is 0 Å². The molecule has 0 saturated carbocycles. The molecule has 3 saturated heterocycles. The standard InChI is InChI=1S/C21H31N5O3/c1-15-22-13-18(19(27)23-15)21(29)25-11-6-17(7-12-25)26-10-4-5-16(14-26)20(28)24-8-2-3-9-24/h13,16-17H,2-12,14H2,1H3,(H,22,23,27)/t16-/m0/s1. The highest BCUT2D eigenvalue weighted by molar-refractivity contribution is 5.93. The van der Waals surface area contributed by atoms with Crippen molar-refractivity contribution in [2.24, 2.45) is 5.92 Å². The number of rotatable bonds is 3. The molecule has 158 valence electrons. The first-order valence-corrected chi connectivity index (χ1v) is 10.9. The summed E-state index contributed by atoms with van der Waals surface area (Å²) in [5, 5.41) is 0. The van der Waals surface area contributed by atoms with Crippen LogP contribution in [0.4, 0.5) is 0 Å². The Hall–Kier alpha value is -2.22. The van der Waals surface area contributed by atoms with Gasteiger partial charge in [0.05, 0.1) is 5.92 Å². The summed E-state index contributed by atoms with van der Waals surface area (Å²) in [5.74, 6) is 0.732. The van der Waals surface area contributed by atoms with Gasteiger partial charge in [0.15, 0.2) is 0 Å². The monoisotopic (exact) mass is 401 g/mol. The Morgan fingerprint density at radius 1 is 1.00 bits per heavy atom. The Kier molecular flexibility index (Phi) is 5.99. The number of hydrogen-bond acceptors (Lipinski definition) is 5. The number of nitrogens with one attached hydrogen (secondary N) is 1. The van der Waals surface area contributed by atoms with Crippen molar-refractivity contribution in [1.82, 2.24) is 24.7 Å². The molecule has 0 radical (unpaired) electrons. The lowest BCUT2D eigenvalue weighted by Crippen LogP contribution is -2.52. The number of nitrogens with zero attached hydrogens (tertiary/aromatic N) is 4. The van der Waals surface area contributed by atoms with Gasteiger partial charge in [-0.25, -0.2) is 4.98 Å². The minimum absolute atomic E-state index is 0.114. The predicted octanol–water partition coefficient (Wildman–Crippen LogP) is 1.02. The molecule has 3 aliphatic heterocycles. The van der Waals surface area contributed by atoms with Crippen LogP contribution >= 0.6 is 0 Å². The van der Waals surface area contributed by atoms with Crippen LogP contribution in [0.3, 0.4) is 0 Å². The Balaban J connectivity index is 1.32. The van der Waals surface area contributed by atoms with Gasteiger partial charge in [-0.3, -0.25) is 19.3 Å². The van der Waals surface area contributed by atoms with E-state index < -0.39 is 0 Å². The molecule has 3 fully saturated rings. The normalized spacial score (nSPS) is 24.1. The number of carbonyl (C=O) groups is 2. The minimum Gasteiger partial charge on any atom is -0.342 e. The van der Waals surface area contributed by atoms with Crippen LogP contribution in [-0.4, -0.2) is 81.8 Å². The molecule has 3 aliphatic rings. The van der Waals surface area contributed by atoms with Gasteiger partial charge in [0.1, 0.15) is 11.4 Å². The van der Waals surface area contributed by atoms with Crippen LogP contribution in [0.5, 0.6) is 0 Å². The van der Waals surface area contributed by atoms with E-state index in [9.17, 15) is 14.4 Å². The molecule has 0 bridgehead atoms. The molecule has 2 amide bonds. The van der Waals surface area contributed by atoms with Gasteiger partial charge in [0, 0.05) is 45.0 Å². The van der Waals surface area contributed by atoms with Gasteiger partial charge < -0.3 is 14.8 Å². The first-order valence-electron chi connectivity index (χ1n) is 10.9. The third-order valence-corrected chi connectivity index (χ3v) is 6.64. The molecule has 1 N–H and O–H groups in total. The van der Waals surface area contributed by atoms with E-state index in [2.05, 4.69) is 14.9 Å². The van der Waals surface area contributed by atoms with E-state index in [1.54, 1.807) is 11.8 Å². The number of likely N-dealkylation sites (tertiary alicyclic amines) is 3. The van der Waals surface area contributed by atoms with Crippen LogP contribution in [0.25, 0.3) is 0 Å². The average molecular weight is 402 g/mol. The molecule has 1 aromatic heterocycles. The van der Waals surface area contributed by atoms with Crippen LogP contribution in [0.1, 0.15) is 54.7 Å². The fourth-order valence-electron chi connectivity index (χ4n) is 4.98. The third kappa shape index (κ3) is 4.37. The minimum atomic E-state index is -0.371. The number of aromatic amines is 1. The van der Waals surface area contributed by atoms with Gasteiger partial charge in [0.2, 0.25) is 5.91 Å². The highest BCUT2D eigenvalue weighted by atomic mass is 16.2. The summed E-state index contributed by atoms with van der Waals surface area (Å²) in [6.45, 7) is 6.68. The molecule has 4 rings (SSSR count). The second kappa shape index (κ2) is 8.65. The average Bonchev–Trinajstić information content (AvgIpc) is 3.28. The van der Waals surface area contributed by atoms with E-state index in [0.29, 0.717) is 30.9 Å². The highest BCUT2D eigenvalue weighted by Crippen LogP contribution is 2.26. The maximum Gasteiger partial charge on any atom is 0.263 e. The number of amides is 2. The van der Waals surface area contributed by atoms with E-state index in [4.69, 9.17) is 0 Å². The summed E-state index contributed by atoms with van der Waals surface area (Å²) in [6.07, 6.45) is 7.46. The lowest BCUT2D eigenvalue weighted by molar-refractivity contribution is -0.136. The number of aryl methyl sites for hydroxylation is 1. The molecule has 8 heteroatoms. The fourth-order valence-corrected chi connectivity index (χ4v) is 4.98. The Morgan fingerprint density at radius 3 is 2.41 bits per heavy atom. The molecule has 0 spiro atoms. The molecular weight excluding hydrogens is 370 g/mol. The Morgan fingerprint density at radius 2 is 1.72 bits per heavy atom. The van der Waals surface area contributed by atoms with Crippen molar-refractivity contribution in [3.8, 4) is 0 Å². The predicted molar refractivity (Wildman–Crippen MR) is 109 cm³/mol. The van der Waals surface area contributed by atoms with E-state index in [1.807, 2.05) is 4.90 Å². The maximum absolute atomic E-state index is 12.8. The third-order valence-electron chi connectivity index (χ3n) is 6.64. The maximum atomic E-state index is 12.8. The first-order chi connectivity index (χ1) is 14.0. The Bertz CT molecular complexity index is 809. The van der Waals surface area contributed by atoms with Crippen molar-refractivity contribution in [2.75, 3.05) is 39.3 Å². The molecule has 1 aromatic rings. The zero-order chi connectivity index (χ0) is 20.4. The molecule has 8 nitrogen and oxygen atoms in total. The molecule has 0 aliphatic carbocycles. The SMILES string of the molecule is Cc1ncc(C(=O)N2CCC(N3CCC[C@H](C(=O)N4CCCC4)C3)CC2)c(=O)[nH]1. The number of aromatic nitrogens is 2. The van der Waals surface area contributed by atoms with Crippen LogP contribution in [-0.2, 0) is 4.79 Å². The van der Waals surface area contributed by atoms with Crippen molar-refractivity contribution in [2.45, 2.75) is 51.5 Å². The summed E-state index contributed by atoms with van der Waals surface area (Å²) in [5.41, 5.74) is -0.257. The van der Waals surface area contributed by atoms with Crippen LogP contribution in [0.15, 0.2) is 11.0 Å². The van der Waals surface area contributed by atoms with Crippen molar-refractivity contribution >= 4 is 11.8 Å².